The zero-order chi connectivity index (χ0) is 12.9. The molecule has 1 N–H and O–H groups in total. The standard InChI is InChI=1S/C15H15NO3/c17-16-9-11-10-19-15(5-7-18-8-6-15)14(11)12-3-1-2-4-13(12)16/h1-9,12-14,17H,10H2. The zero-order valence-electron chi connectivity index (χ0n) is 10.3. The fraction of sp³-hybridized carbons (Fsp3) is 0.333. The molecule has 0 radical (unpaired) electrons. The lowest BCUT2D eigenvalue weighted by atomic mass is 9.69. The van der Waals surface area contributed by atoms with E-state index in [2.05, 4.69) is 6.08 Å². The Labute approximate surface area is 111 Å². The predicted molar refractivity (Wildman–Crippen MR) is 68.8 cm³/mol. The maximum absolute atomic E-state index is 10.1. The Bertz CT molecular complexity index is 532. The summed E-state index contributed by atoms with van der Waals surface area (Å²) in [6.45, 7) is 0.539. The van der Waals surface area contributed by atoms with Gasteiger partial charge in [0.25, 0.3) is 0 Å². The lowest BCUT2D eigenvalue weighted by Gasteiger charge is -2.43. The summed E-state index contributed by atoms with van der Waals surface area (Å²) in [5.74, 6) is 0.406. The number of allylic oxidation sites excluding steroid dienone is 2. The molecule has 0 saturated carbocycles. The maximum atomic E-state index is 10.1. The summed E-state index contributed by atoms with van der Waals surface area (Å²) in [6.07, 6.45) is 17.3. The molecule has 1 fully saturated rings. The third-order valence-corrected chi connectivity index (χ3v) is 4.32. The smallest absolute Gasteiger partial charge is 0.119 e. The summed E-state index contributed by atoms with van der Waals surface area (Å²) in [7, 11) is 0. The normalized spacial score (nSPS) is 37.0. The van der Waals surface area contributed by atoms with E-state index in [4.69, 9.17) is 9.47 Å². The van der Waals surface area contributed by atoms with Gasteiger partial charge >= 0.3 is 0 Å². The summed E-state index contributed by atoms with van der Waals surface area (Å²) in [5, 5.41) is 11.4. The van der Waals surface area contributed by atoms with Crippen LogP contribution in [-0.4, -0.2) is 28.5 Å². The zero-order valence-corrected chi connectivity index (χ0v) is 10.3. The van der Waals surface area contributed by atoms with Crippen molar-refractivity contribution in [2.24, 2.45) is 11.8 Å². The molecular weight excluding hydrogens is 242 g/mol. The van der Waals surface area contributed by atoms with Gasteiger partial charge in [-0.2, -0.15) is 0 Å². The van der Waals surface area contributed by atoms with Crippen LogP contribution in [0.4, 0.5) is 0 Å². The molecule has 3 aliphatic heterocycles. The highest BCUT2D eigenvalue weighted by Gasteiger charge is 2.52. The average Bonchev–Trinajstić information content (AvgIpc) is 2.79. The van der Waals surface area contributed by atoms with Crippen molar-refractivity contribution < 1.29 is 14.7 Å². The van der Waals surface area contributed by atoms with Crippen LogP contribution in [0.3, 0.4) is 0 Å². The minimum Gasteiger partial charge on any atom is -0.473 e. The highest BCUT2D eigenvalue weighted by molar-refractivity contribution is 5.37. The van der Waals surface area contributed by atoms with Gasteiger partial charge in [-0.15, -0.1) is 0 Å². The minimum absolute atomic E-state index is 0.0260. The van der Waals surface area contributed by atoms with Crippen molar-refractivity contribution in [3.8, 4) is 0 Å². The quantitative estimate of drug-likeness (QED) is 0.722. The van der Waals surface area contributed by atoms with Crippen molar-refractivity contribution >= 4 is 0 Å². The third kappa shape index (κ3) is 1.47. The van der Waals surface area contributed by atoms with E-state index < -0.39 is 5.60 Å². The first kappa shape index (κ1) is 11.1. The number of hydroxylamine groups is 2. The molecule has 0 bridgehead atoms. The number of rotatable bonds is 0. The largest absolute Gasteiger partial charge is 0.473 e. The Balaban J connectivity index is 1.81. The number of hydrogen-bond acceptors (Lipinski definition) is 4. The molecule has 3 unspecified atom stereocenters. The third-order valence-electron chi connectivity index (χ3n) is 4.32. The first-order valence-electron chi connectivity index (χ1n) is 6.48. The summed E-state index contributed by atoms with van der Waals surface area (Å²) in [5.41, 5.74) is 0.684. The highest BCUT2D eigenvalue weighted by Crippen LogP contribution is 2.49. The molecular formula is C15H15NO3. The molecule has 1 saturated heterocycles. The number of fused-ring (bicyclic) bond motifs is 4. The van der Waals surface area contributed by atoms with E-state index in [0.717, 1.165) is 5.57 Å². The molecule has 0 aromatic rings. The second-order valence-electron chi connectivity index (χ2n) is 5.28. The molecule has 4 rings (SSSR count). The molecule has 3 heterocycles. The molecule has 19 heavy (non-hydrogen) atoms. The van der Waals surface area contributed by atoms with Crippen LogP contribution in [0.1, 0.15) is 0 Å². The SMILES string of the molecule is ON1C=C2COC3(C=COC=C3)C2C2C=CC=CC21. The van der Waals surface area contributed by atoms with E-state index in [-0.39, 0.29) is 17.9 Å². The van der Waals surface area contributed by atoms with Gasteiger partial charge in [-0.25, -0.2) is 0 Å². The first-order valence-corrected chi connectivity index (χ1v) is 6.48. The molecule has 4 heteroatoms. The summed E-state index contributed by atoms with van der Waals surface area (Å²) >= 11 is 0. The Morgan fingerprint density at radius 3 is 2.84 bits per heavy atom. The van der Waals surface area contributed by atoms with Gasteiger partial charge in [0.15, 0.2) is 0 Å². The second kappa shape index (κ2) is 3.85. The summed E-state index contributed by atoms with van der Waals surface area (Å²) in [4.78, 5) is 0. The Kier molecular flexibility index (Phi) is 2.25. The molecule has 0 aromatic heterocycles. The van der Waals surface area contributed by atoms with Crippen LogP contribution in [0, 0.1) is 11.8 Å². The maximum Gasteiger partial charge on any atom is 0.119 e. The molecule has 4 aliphatic rings. The lowest BCUT2D eigenvalue weighted by molar-refractivity contribution is -0.0935. The van der Waals surface area contributed by atoms with Gasteiger partial charge in [-0.3, -0.25) is 10.3 Å². The lowest BCUT2D eigenvalue weighted by Crippen LogP contribution is -2.48. The van der Waals surface area contributed by atoms with Crippen LogP contribution in [0.5, 0.6) is 0 Å². The number of hydrogen-bond donors (Lipinski definition) is 1. The van der Waals surface area contributed by atoms with Gasteiger partial charge in [0.2, 0.25) is 0 Å². The fourth-order valence-electron chi connectivity index (χ4n) is 3.48. The van der Waals surface area contributed by atoms with Crippen molar-refractivity contribution in [3.63, 3.8) is 0 Å². The van der Waals surface area contributed by atoms with Crippen molar-refractivity contribution in [2.45, 2.75) is 11.6 Å². The van der Waals surface area contributed by atoms with E-state index in [1.54, 1.807) is 18.7 Å². The van der Waals surface area contributed by atoms with Crippen LogP contribution in [0.25, 0.3) is 0 Å². The van der Waals surface area contributed by atoms with Crippen LogP contribution < -0.4 is 0 Å². The molecule has 4 nitrogen and oxygen atoms in total. The van der Waals surface area contributed by atoms with E-state index >= 15 is 0 Å². The van der Waals surface area contributed by atoms with Gasteiger partial charge in [-0.1, -0.05) is 24.3 Å². The number of ether oxygens (including phenoxy) is 2. The molecule has 1 spiro atoms. The van der Waals surface area contributed by atoms with Crippen molar-refractivity contribution in [3.05, 3.63) is 60.8 Å². The first-order chi connectivity index (χ1) is 9.30. The van der Waals surface area contributed by atoms with E-state index in [1.807, 2.05) is 30.4 Å². The highest BCUT2D eigenvalue weighted by atomic mass is 16.5. The Morgan fingerprint density at radius 1 is 1.21 bits per heavy atom. The van der Waals surface area contributed by atoms with Gasteiger partial charge in [0.1, 0.15) is 5.60 Å². The predicted octanol–water partition coefficient (Wildman–Crippen LogP) is 2.13. The number of nitrogens with zero attached hydrogens (tertiary/aromatic N) is 1. The average molecular weight is 257 g/mol. The second-order valence-corrected chi connectivity index (χ2v) is 5.28. The Morgan fingerprint density at radius 2 is 2.00 bits per heavy atom. The van der Waals surface area contributed by atoms with Crippen molar-refractivity contribution in [1.82, 2.24) is 5.06 Å². The van der Waals surface area contributed by atoms with E-state index in [0.29, 0.717) is 6.61 Å². The molecule has 1 aliphatic carbocycles. The monoisotopic (exact) mass is 257 g/mol. The van der Waals surface area contributed by atoms with Gasteiger partial charge in [0.05, 0.1) is 25.2 Å². The van der Waals surface area contributed by atoms with Crippen LogP contribution in [-0.2, 0) is 9.47 Å². The van der Waals surface area contributed by atoms with Crippen LogP contribution >= 0.6 is 0 Å². The van der Waals surface area contributed by atoms with Crippen LogP contribution in [0.2, 0.25) is 0 Å². The molecule has 0 amide bonds. The van der Waals surface area contributed by atoms with E-state index in [1.165, 1.54) is 5.06 Å². The van der Waals surface area contributed by atoms with Crippen LogP contribution in [0.15, 0.2) is 60.8 Å². The van der Waals surface area contributed by atoms with Gasteiger partial charge < -0.3 is 9.47 Å². The Hall–Kier alpha value is -1.78. The fourth-order valence-corrected chi connectivity index (χ4v) is 3.48. The van der Waals surface area contributed by atoms with Gasteiger partial charge in [-0.05, 0) is 17.7 Å². The van der Waals surface area contributed by atoms with Crippen molar-refractivity contribution in [2.75, 3.05) is 6.61 Å². The molecule has 0 aromatic carbocycles. The minimum atomic E-state index is -0.441. The topological polar surface area (TPSA) is 41.9 Å². The van der Waals surface area contributed by atoms with E-state index in [9.17, 15) is 5.21 Å². The van der Waals surface area contributed by atoms with Gasteiger partial charge in [0, 0.05) is 18.0 Å². The summed E-state index contributed by atoms with van der Waals surface area (Å²) in [6, 6.07) is -0.0260. The molecule has 3 atom stereocenters. The van der Waals surface area contributed by atoms with Crippen molar-refractivity contribution in [1.29, 1.82) is 0 Å². The molecule has 98 valence electrons. The summed E-state index contributed by atoms with van der Waals surface area (Å²) < 4.78 is 11.1.